The second-order valence-corrected chi connectivity index (χ2v) is 4.63. The lowest BCUT2D eigenvalue weighted by molar-refractivity contribution is -0.124. The molecule has 0 aromatic heterocycles. The van der Waals surface area contributed by atoms with Crippen LogP contribution in [0.5, 0.6) is 0 Å². The van der Waals surface area contributed by atoms with Gasteiger partial charge in [-0.25, -0.2) is 4.39 Å². The number of ether oxygens (including phenoxy) is 1. The first-order chi connectivity index (χ1) is 9.24. The molecule has 1 aliphatic heterocycles. The van der Waals surface area contributed by atoms with Crippen LogP contribution < -0.4 is 10.6 Å². The van der Waals surface area contributed by atoms with E-state index in [-0.39, 0.29) is 17.8 Å². The van der Waals surface area contributed by atoms with E-state index < -0.39 is 0 Å². The molecular formula is C14H19FN2O2. The largest absolute Gasteiger partial charge is 0.375 e. The Bertz CT molecular complexity index is 420. The van der Waals surface area contributed by atoms with Crippen LogP contribution in [0.4, 0.5) is 4.39 Å². The molecule has 1 aromatic carbocycles. The molecule has 19 heavy (non-hydrogen) atoms. The van der Waals surface area contributed by atoms with Crippen LogP contribution in [0.25, 0.3) is 0 Å². The number of nitrogens with one attached hydrogen (secondary N) is 2. The normalized spacial score (nSPS) is 19.1. The average molecular weight is 266 g/mol. The SMILES string of the molecule is O=C(CC1CNCCO1)NCCc1cccc(F)c1. The summed E-state index contributed by atoms with van der Waals surface area (Å²) in [6.45, 7) is 2.73. The summed E-state index contributed by atoms with van der Waals surface area (Å²) in [5.74, 6) is -0.268. The maximum Gasteiger partial charge on any atom is 0.222 e. The van der Waals surface area contributed by atoms with Gasteiger partial charge in [0.05, 0.1) is 19.1 Å². The van der Waals surface area contributed by atoms with E-state index in [9.17, 15) is 9.18 Å². The fraction of sp³-hybridized carbons (Fsp3) is 0.500. The van der Waals surface area contributed by atoms with Crippen LogP contribution >= 0.6 is 0 Å². The number of rotatable bonds is 5. The first-order valence-electron chi connectivity index (χ1n) is 6.57. The van der Waals surface area contributed by atoms with Crippen molar-refractivity contribution >= 4 is 5.91 Å². The molecule has 1 heterocycles. The topological polar surface area (TPSA) is 50.4 Å². The number of hydrogen-bond acceptors (Lipinski definition) is 3. The molecule has 0 bridgehead atoms. The highest BCUT2D eigenvalue weighted by Crippen LogP contribution is 2.04. The molecule has 1 aliphatic rings. The van der Waals surface area contributed by atoms with E-state index in [1.165, 1.54) is 12.1 Å². The van der Waals surface area contributed by atoms with Gasteiger partial charge in [-0.3, -0.25) is 4.79 Å². The highest BCUT2D eigenvalue weighted by Gasteiger charge is 2.16. The minimum atomic E-state index is -0.245. The zero-order valence-electron chi connectivity index (χ0n) is 10.8. The van der Waals surface area contributed by atoms with Crippen molar-refractivity contribution in [1.29, 1.82) is 0 Å². The van der Waals surface area contributed by atoms with E-state index in [1.54, 1.807) is 6.07 Å². The maximum absolute atomic E-state index is 13.0. The van der Waals surface area contributed by atoms with E-state index in [2.05, 4.69) is 10.6 Å². The van der Waals surface area contributed by atoms with Crippen LogP contribution in [0.2, 0.25) is 0 Å². The van der Waals surface area contributed by atoms with Gasteiger partial charge in [0.15, 0.2) is 0 Å². The van der Waals surface area contributed by atoms with Gasteiger partial charge in [0.2, 0.25) is 5.91 Å². The lowest BCUT2D eigenvalue weighted by atomic mass is 10.1. The molecule has 2 rings (SSSR count). The Morgan fingerprint density at radius 1 is 1.53 bits per heavy atom. The third kappa shape index (κ3) is 4.96. The summed E-state index contributed by atoms with van der Waals surface area (Å²) in [7, 11) is 0. The Balaban J connectivity index is 1.66. The van der Waals surface area contributed by atoms with E-state index in [0.717, 1.165) is 18.7 Å². The predicted octanol–water partition coefficient (Wildman–Crippen LogP) is 0.863. The Morgan fingerprint density at radius 2 is 2.42 bits per heavy atom. The summed E-state index contributed by atoms with van der Waals surface area (Å²) in [6, 6.07) is 6.42. The van der Waals surface area contributed by atoms with Crippen LogP contribution in [0, 0.1) is 5.82 Å². The number of carbonyl (C=O) groups excluding carboxylic acids is 1. The standard InChI is InChI=1S/C14H19FN2O2/c15-12-3-1-2-11(8-12)4-5-17-14(18)9-13-10-16-6-7-19-13/h1-3,8,13,16H,4-7,9-10H2,(H,17,18). The van der Waals surface area contributed by atoms with Gasteiger partial charge in [-0.05, 0) is 24.1 Å². The molecule has 1 fully saturated rings. The van der Waals surface area contributed by atoms with Gasteiger partial charge in [0.1, 0.15) is 5.82 Å². The Labute approximate surface area is 112 Å². The van der Waals surface area contributed by atoms with Crippen LogP contribution in [-0.4, -0.2) is 38.3 Å². The molecule has 1 saturated heterocycles. The molecule has 0 saturated carbocycles. The van der Waals surface area contributed by atoms with Crippen molar-refractivity contribution in [2.45, 2.75) is 18.9 Å². The van der Waals surface area contributed by atoms with E-state index in [4.69, 9.17) is 4.74 Å². The molecular weight excluding hydrogens is 247 g/mol. The second kappa shape index (κ2) is 7.21. The lowest BCUT2D eigenvalue weighted by Crippen LogP contribution is -2.41. The summed E-state index contributed by atoms with van der Waals surface area (Å²) in [4.78, 5) is 11.7. The molecule has 0 aliphatic carbocycles. The van der Waals surface area contributed by atoms with Gasteiger partial charge in [0.25, 0.3) is 0 Å². The molecule has 0 radical (unpaired) electrons. The van der Waals surface area contributed by atoms with Crippen LogP contribution in [0.1, 0.15) is 12.0 Å². The van der Waals surface area contributed by atoms with Crippen LogP contribution in [0.3, 0.4) is 0 Å². The zero-order valence-corrected chi connectivity index (χ0v) is 10.8. The molecule has 5 heteroatoms. The van der Waals surface area contributed by atoms with Gasteiger partial charge in [-0.2, -0.15) is 0 Å². The van der Waals surface area contributed by atoms with Crippen molar-refractivity contribution < 1.29 is 13.9 Å². The van der Waals surface area contributed by atoms with Gasteiger partial charge >= 0.3 is 0 Å². The Morgan fingerprint density at radius 3 is 3.16 bits per heavy atom. The van der Waals surface area contributed by atoms with Crippen LogP contribution in [0.15, 0.2) is 24.3 Å². The van der Waals surface area contributed by atoms with Gasteiger partial charge in [-0.15, -0.1) is 0 Å². The minimum absolute atomic E-state index is 0.0231. The van der Waals surface area contributed by atoms with Crippen molar-refractivity contribution in [3.05, 3.63) is 35.6 Å². The number of hydrogen-bond donors (Lipinski definition) is 2. The van der Waals surface area contributed by atoms with E-state index in [0.29, 0.717) is 26.0 Å². The van der Waals surface area contributed by atoms with Crippen molar-refractivity contribution in [2.75, 3.05) is 26.2 Å². The van der Waals surface area contributed by atoms with Crippen molar-refractivity contribution in [2.24, 2.45) is 0 Å². The Kier molecular flexibility index (Phi) is 5.30. The number of carbonyl (C=O) groups is 1. The summed E-state index contributed by atoms with van der Waals surface area (Å²) in [5.41, 5.74) is 0.885. The van der Waals surface area contributed by atoms with E-state index in [1.807, 2.05) is 6.07 Å². The number of benzene rings is 1. The molecule has 1 unspecified atom stereocenters. The van der Waals surface area contributed by atoms with Gasteiger partial charge in [0, 0.05) is 19.6 Å². The smallest absolute Gasteiger partial charge is 0.222 e. The first kappa shape index (κ1) is 14.0. The molecule has 1 atom stereocenters. The third-order valence-corrected chi connectivity index (χ3v) is 3.04. The van der Waals surface area contributed by atoms with Gasteiger partial charge in [-0.1, -0.05) is 12.1 Å². The van der Waals surface area contributed by atoms with Crippen LogP contribution in [-0.2, 0) is 16.0 Å². The average Bonchev–Trinajstić information content (AvgIpc) is 2.40. The monoisotopic (exact) mass is 266 g/mol. The van der Waals surface area contributed by atoms with Crippen molar-refractivity contribution in [3.63, 3.8) is 0 Å². The lowest BCUT2D eigenvalue weighted by Gasteiger charge is -2.23. The number of morpholine rings is 1. The highest BCUT2D eigenvalue weighted by molar-refractivity contribution is 5.76. The van der Waals surface area contributed by atoms with Crippen molar-refractivity contribution in [3.8, 4) is 0 Å². The fourth-order valence-corrected chi connectivity index (χ4v) is 2.07. The number of amides is 1. The zero-order chi connectivity index (χ0) is 13.5. The summed E-state index contributed by atoms with van der Waals surface area (Å²) in [5, 5.41) is 6.01. The third-order valence-electron chi connectivity index (χ3n) is 3.04. The Hall–Kier alpha value is -1.46. The molecule has 1 aromatic rings. The number of halogens is 1. The molecule has 4 nitrogen and oxygen atoms in total. The maximum atomic E-state index is 13.0. The molecule has 104 valence electrons. The minimum Gasteiger partial charge on any atom is -0.375 e. The van der Waals surface area contributed by atoms with Gasteiger partial charge < -0.3 is 15.4 Å². The molecule has 0 spiro atoms. The quantitative estimate of drug-likeness (QED) is 0.831. The second-order valence-electron chi connectivity index (χ2n) is 4.63. The highest BCUT2D eigenvalue weighted by atomic mass is 19.1. The summed E-state index contributed by atoms with van der Waals surface area (Å²) < 4.78 is 18.4. The van der Waals surface area contributed by atoms with Crippen molar-refractivity contribution in [1.82, 2.24) is 10.6 Å². The molecule has 2 N–H and O–H groups in total. The summed E-state index contributed by atoms with van der Waals surface area (Å²) in [6.07, 6.45) is 0.964. The van der Waals surface area contributed by atoms with E-state index >= 15 is 0 Å². The first-order valence-corrected chi connectivity index (χ1v) is 6.57. The fourth-order valence-electron chi connectivity index (χ4n) is 2.07. The molecule has 1 amide bonds. The summed E-state index contributed by atoms with van der Waals surface area (Å²) >= 11 is 0. The predicted molar refractivity (Wildman–Crippen MR) is 70.3 cm³/mol.